The zero-order chi connectivity index (χ0) is 16.4. The fourth-order valence-electron chi connectivity index (χ4n) is 1.86. The van der Waals surface area contributed by atoms with Crippen LogP contribution in [0.4, 0.5) is 0 Å². The molecule has 1 amide bonds. The zero-order valence-electron chi connectivity index (χ0n) is 12.6. The van der Waals surface area contributed by atoms with Crippen LogP contribution < -0.4 is 5.32 Å². The maximum absolute atomic E-state index is 11.9. The van der Waals surface area contributed by atoms with Crippen LogP contribution in [0.25, 0.3) is 0 Å². The number of esters is 1. The van der Waals surface area contributed by atoms with Crippen LogP contribution in [-0.4, -0.2) is 36.6 Å². The molecular weight excluding hydrogens is 350 g/mol. The largest absolute Gasteiger partial charge is 0.469 e. The first-order chi connectivity index (χ1) is 10.6. The third-order valence-corrected chi connectivity index (χ3v) is 3.67. The van der Waals surface area contributed by atoms with E-state index in [1.807, 2.05) is 0 Å². The molecule has 0 saturated carbocycles. The summed E-state index contributed by atoms with van der Waals surface area (Å²) in [5, 5.41) is 3.08. The predicted molar refractivity (Wildman–Crippen MR) is 87.4 cm³/mol. The molecule has 22 heavy (non-hydrogen) atoms. The normalized spacial score (nSPS) is 10.1. The Hall–Kier alpha value is -1.69. The number of benzene rings is 1. The molecule has 1 aromatic rings. The number of carbonyl (C=O) groups excluding carboxylic acids is 3. The lowest BCUT2D eigenvalue weighted by molar-refractivity contribution is -0.140. The van der Waals surface area contributed by atoms with E-state index in [9.17, 15) is 14.4 Å². The topological polar surface area (TPSA) is 72.5 Å². The summed E-state index contributed by atoms with van der Waals surface area (Å²) >= 11 is 3.11. The van der Waals surface area contributed by atoms with E-state index in [1.54, 1.807) is 24.3 Å². The molecule has 0 unspecified atom stereocenters. The summed E-state index contributed by atoms with van der Waals surface area (Å²) in [6.07, 6.45) is 2.83. The van der Waals surface area contributed by atoms with E-state index < -0.39 is 0 Å². The number of Topliss-reactive ketones (excluding diaryl/α,β-unsaturated/α-hetero) is 1. The summed E-state index contributed by atoms with van der Waals surface area (Å²) in [5.41, 5.74) is 1.11. The average molecular weight is 370 g/mol. The molecule has 6 heteroatoms. The number of unbranched alkanes of at least 4 members (excludes halogenated alkanes) is 2. The van der Waals surface area contributed by atoms with Crippen molar-refractivity contribution in [3.63, 3.8) is 0 Å². The lowest BCUT2D eigenvalue weighted by atomic mass is 10.1. The van der Waals surface area contributed by atoms with Crippen molar-refractivity contribution in [1.29, 1.82) is 0 Å². The predicted octanol–water partition coefficient (Wildman–Crippen LogP) is 2.73. The van der Waals surface area contributed by atoms with Gasteiger partial charge in [0.2, 0.25) is 0 Å². The van der Waals surface area contributed by atoms with Crippen molar-refractivity contribution in [2.45, 2.75) is 25.7 Å². The fourth-order valence-corrected chi connectivity index (χ4v) is 2.19. The van der Waals surface area contributed by atoms with E-state index in [4.69, 9.17) is 0 Å². The van der Waals surface area contributed by atoms with Crippen LogP contribution in [0.1, 0.15) is 46.4 Å². The summed E-state index contributed by atoms with van der Waals surface area (Å²) in [4.78, 5) is 34.3. The number of nitrogens with one attached hydrogen (secondary N) is 1. The molecule has 0 atom stereocenters. The van der Waals surface area contributed by atoms with Crippen LogP contribution in [-0.2, 0) is 9.53 Å². The second-order valence-electron chi connectivity index (χ2n) is 4.78. The molecule has 0 aliphatic rings. The van der Waals surface area contributed by atoms with Crippen molar-refractivity contribution >= 4 is 33.6 Å². The smallest absolute Gasteiger partial charge is 0.305 e. The van der Waals surface area contributed by atoms with E-state index in [0.717, 1.165) is 19.3 Å². The number of hydrogen-bond donors (Lipinski definition) is 1. The van der Waals surface area contributed by atoms with Gasteiger partial charge in [-0.15, -0.1) is 0 Å². The molecule has 0 bridgehead atoms. The van der Waals surface area contributed by atoms with Gasteiger partial charge in [-0.05, 0) is 25.0 Å². The third-order valence-electron chi connectivity index (χ3n) is 3.16. The number of methoxy groups -OCH3 is 1. The quantitative estimate of drug-likeness (QED) is 0.314. The van der Waals surface area contributed by atoms with Gasteiger partial charge in [-0.3, -0.25) is 14.4 Å². The van der Waals surface area contributed by atoms with Gasteiger partial charge in [0.15, 0.2) is 5.78 Å². The van der Waals surface area contributed by atoms with Gasteiger partial charge in [0.1, 0.15) is 0 Å². The summed E-state index contributed by atoms with van der Waals surface area (Å²) in [5.74, 6) is -0.384. The second kappa shape index (κ2) is 10.1. The van der Waals surface area contributed by atoms with Crippen molar-refractivity contribution in [2.75, 3.05) is 19.0 Å². The van der Waals surface area contributed by atoms with Crippen molar-refractivity contribution in [3.05, 3.63) is 35.4 Å². The van der Waals surface area contributed by atoms with Crippen LogP contribution in [0, 0.1) is 0 Å². The Morgan fingerprint density at radius 1 is 1.05 bits per heavy atom. The van der Waals surface area contributed by atoms with Crippen molar-refractivity contribution in [3.8, 4) is 0 Å². The molecule has 0 heterocycles. The van der Waals surface area contributed by atoms with Crippen molar-refractivity contribution in [2.24, 2.45) is 0 Å². The van der Waals surface area contributed by atoms with E-state index >= 15 is 0 Å². The van der Waals surface area contributed by atoms with Gasteiger partial charge >= 0.3 is 5.97 Å². The minimum absolute atomic E-state index is 0.0161. The van der Waals surface area contributed by atoms with E-state index in [-0.39, 0.29) is 23.0 Å². The molecule has 1 rings (SSSR count). The van der Waals surface area contributed by atoms with Gasteiger partial charge in [0, 0.05) is 24.1 Å². The molecular formula is C16H20BrNO4. The highest BCUT2D eigenvalue weighted by atomic mass is 79.9. The van der Waals surface area contributed by atoms with Gasteiger partial charge in [-0.2, -0.15) is 0 Å². The third kappa shape index (κ3) is 6.39. The number of hydrogen-bond acceptors (Lipinski definition) is 4. The summed E-state index contributed by atoms with van der Waals surface area (Å²) in [6, 6.07) is 6.58. The van der Waals surface area contributed by atoms with Crippen LogP contribution in [0.5, 0.6) is 0 Å². The first-order valence-electron chi connectivity index (χ1n) is 7.12. The summed E-state index contributed by atoms with van der Waals surface area (Å²) < 4.78 is 4.55. The lowest BCUT2D eigenvalue weighted by Gasteiger charge is -2.06. The summed E-state index contributed by atoms with van der Waals surface area (Å²) in [7, 11) is 1.37. The Labute approximate surface area is 138 Å². The Morgan fingerprint density at radius 2 is 1.68 bits per heavy atom. The van der Waals surface area contributed by atoms with E-state index in [1.165, 1.54) is 7.11 Å². The lowest BCUT2D eigenvalue weighted by Crippen LogP contribution is -2.24. The minimum Gasteiger partial charge on any atom is -0.469 e. The van der Waals surface area contributed by atoms with Gasteiger partial charge in [0.05, 0.1) is 12.4 Å². The Balaban J connectivity index is 2.28. The number of ether oxygens (including phenoxy) is 1. The molecule has 1 N–H and O–H groups in total. The fraction of sp³-hybridized carbons (Fsp3) is 0.438. The van der Waals surface area contributed by atoms with Crippen molar-refractivity contribution < 1.29 is 19.1 Å². The van der Waals surface area contributed by atoms with Crippen LogP contribution in [0.3, 0.4) is 0 Å². The first-order valence-corrected chi connectivity index (χ1v) is 8.25. The number of alkyl halides is 1. The van der Waals surface area contributed by atoms with Gasteiger partial charge in [-0.25, -0.2) is 0 Å². The monoisotopic (exact) mass is 369 g/mol. The van der Waals surface area contributed by atoms with Crippen molar-refractivity contribution in [1.82, 2.24) is 5.32 Å². The molecule has 0 saturated heterocycles. The molecule has 0 fully saturated rings. The number of ketones is 1. The van der Waals surface area contributed by atoms with Gasteiger partial charge in [-0.1, -0.05) is 34.5 Å². The SMILES string of the molecule is COC(=O)CCCCCNC(=O)c1ccc(C(=O)CBr)cc1. The molecule has 0 aliphatic carbocycles. The highest BCUT2D eigenvalue weighted by Gasteiger charge is 2.07. The number of carbonyl (C=O) groups is 3. The van der Waals surface area contributed by atoms with Crippen LogP contribution in [0.2, 0.25) is 0 Å². The molecule has 0 aromatic heterocycles. The van der Waals surface area contributed by atoms with Gasteiger partial charge in [0.25, 0.3) is 5.91 Å². The van der Waals surface area contributed by atoms with Crippen LogP contribution in [0.15, 0.2) is 24.3 Å². The molecule has 1 aromatic carbocycles. The maximum atomic E-state index is 11.9. The Kier molecular flexibility index (Phi) is 8.43. The van der Waals surface area contributed by atoms with E-state index in [0.29, 0.717) is 24.1 Å². The van der Waals surface area contributed by atoms with Crippen LogP contribution >= 0.6 is 15.9 Å². The zero-order valence-corrected chi connectivity index (χ0v) is 14.1. The number of rotatable bonds is 9. The number of amides is 1. The average Bonchev–Trinajstić information content (AvgIpc) is 2.56. The minimum atomic E-state index is -0.206. The Bertz CT molecular complexity index is 513. The number of halogens is 1. The van der Waals surface area contributed by atoms with Gasteiger partial charge < -0.3 is 10.1 Å². The highest BCUT2D eigenvalue weighted by molar-refractivity contribution is 9.09. The molecule has 0 spiro atoms. The van der Waals surface area contributed by atoms with E-state index in [2.05, 4.69) is 26.0 Å². The summed E-state index contributed by atoms with van der Waals surface area (Å²) in [6.45, 7) is 0.558. The molecule has 5 nitrogen and oxygen atoms in total. The first kappa shape index (κ1) is 18.4. The highest BCUT2D eigenvalue weighted by Crippen LogP contribution is 2.07. The standard InChI is InChI=1S/C16H20BrNO4/c1-22-15(20)5-3-2-4-10-18-16(21)13-8-6-12(7-9-13)14(19)11-17/h6-9H,2-5,10-11H2,1H3,(H,18,21). The molecule has 0 radical (unpaired) electrons. The second-order valence-corrected chi connectivity index (χ2v) is 5.34. The Morgan fingerprint density at radius 3 is 2.27 bits per heavy atom. The molecule has 0 aliphatic heterocycles. The maximum Gasteiger partial charge on any atom is 0.305 e. The molecule has 120 valence electrons.